The van der Waals surface area contributed by atoms with Crippen molar-refractivity contribution < 1.29 is 22.6 Å². The molecule has 2 N–H and O–H groups in total. The molecule has 0 unspecified atom stereocenters. The highest BCUT2D eigenvalue weighted by Gasteiger charge is 2.28. The standard InChI is InChI=1S/C16H31N.BF4/c1-3-13-5-9-15(10-6-13)17-16-11-7-14(4-2)8-12-16;2-1(3,4)5/h13-17H,3-12H2,1-2H3;/q;-1/p+1. The molecule has 132 valence electrons. The van der Waals surface area contributed by atoms with Crippen molar-refractivity contribution in [3.63, 3.8) is 0 Å². The SMILES string of the molecule is CCC1CCC([NH2+]C2CCC(CC)CC2)CC1.F[B-](F)(F)F. The summed E-state index contributed by atoms with van der Waals surface area (Å²) in [5.41, 5.74) is 0. The lowest BCUT2D eigenvalue weighted by Crippen LogP contribution is -2.95. The third-order valence-corrected chi connectivity index (χ3v) is 5.48. The molecule has 0 atom stereocenters. The Morgan fingerprint density at radius 1 is 0.682 bits per heavy atom. The molecule has 0 aromatic heterocycles. The fourth-order valence-corrected chi connectivity index (χ4v) is 3.96. The highest BCUT2D eigenvalue weighted by molar-refractivity contribution is 6.50. The Kier molecular flexibility index (Phi) is 8.81. The summed E-state index contributed by atoms with van der Waals surface area (Å²) in [5.74, 6) is 2.10. The second-order valence-electron chi connectivity index (χ2n) is 7.07. The molecule has 0 saturated heterocycles. The van der Waals surface area contributed by atoms with Crippen LogP contribution in [-0.2, 0) is 0 Å². The average molecular weight is 325 g/mol. The van der Waals surface area contributed by atoms with E-state index in [4.69, 9.17) is 0 Å². The van der Waals surface area contributed by atoms with Gasteiger partial charge in [-0.2, -0.15) is 0 Å². The molecule has 0 spiro atoms. The molecule has 0 aromatic carbocycles. The Hall–Kier alpha value is -0.255. The maximum atomic E-state index is 9.75. The van der Waals surface area contributed by atoms with Gasteiger partial charge in [0.05, 0.1) is 12.1 Å². The van der Waals surface area contributed by atoms with Crippen molar-refractivity contribution in [3.8, 4) is 0 Å². The van der Waals surface area contributed by atoms with E-state index in [1.54, 1.807) is 0 Å². The Labute approximate surface area is 132 Å². The number of hydrogen-bond donors (Lipinski definition) is 1. The number of quaternary nitrogens is 1. The smallest absolute Gasteiger partial charge is 0.418 e. The molecule has 0 heterocycles. The number of halogens is 4. The van der Waals surface area contributed by atoms with Crippen molar-refractivity contribution in [3.05, 3.63) is 0 Å². The number of hydrogen-bond acceptors (Lipinski definition) is 0. The molecular formula is C16H32BF4N. The van der Waals surface area contributed by atoms with Crippen LogP contribution in [0.1, 0.15) is 78.1 Å². The number of rotatable bonds is 4. The molecular weight excluding hydrogens is 293 g/mol. The van der Waals surface area contributed by atoms with E-state index in [0.717, 1.165) is 23.9 Å². The van der Waals surface area contributed by atoms with E-state index >= 15 is 0 Å². The molecule has 2 rings (SSSR count). The summed E-state index contributed by atoms with van der Waals surface area (Å²) in [6.07, 6.45) is 14.8. The predicted octanol–water partition coefficient (Wildman–Crippen LogP) is 4.79. The first-order valence-electron chi connectivity index (χ1n) is 9.04. The van der Waals surface area contributed by atoms with Crippen LogP contribution in [0.4, 0.5) is 17.3 Å². The van der Waals surface area contributed by atoms with Crippen molar-refractivity contribution in [2.45, 2.75) is 90.1 Å². The molecule has 0 radical (unpaired) electrons. The third kappa shape index (κ3) is 9.01. The Morgan fingerprint density at radius 3 is 1.18 bits per heavy atom. The van der Waals surface area contributed by atoms with E-state index in [1.165, 1.54) is 64.2 Å². The maximum absolute atomic E-state index is 9.75. The van der Waals surface area contributed by atoms with Crippen LogP contribution in [0.25, 0.3) is 0 Å². The van der Waals surface area contributed by atoms with E-state index in [0.29, 0.717) is 0 Å². The number of nitrogens with two attached hydrogens (primary N) is 1. The van der Waals surface area contributed by atoms with Gasteiger partial charge < -0.3 is 22.6 Å². The van der Waals surface area contributed by atoms with Crippen LogP contribution >= 0.6 is 0 Å². The lowest BCUT2D eigenvalue weighted by atomic mass is 9.81. The Morgan fingerprint density at radius 2 is 0.955 bits per heavy atom. The highest BCUT2D eigenvalue weighted by Crippen LogP contribution is 2.27. The van der Waals surface area contributed by atoms with Gasteiger partial charge in [-0.3, -0.25) is 0 Å². The molecule has 22 heavy (non-hydrogen) atoms. The Balaban J connectivity index is 0.000000422. The zero-order valence-electron chi connectivity index (χ0n) is 14.0. The summed E-state index contributed by atoms with van der Waals surface area (Å²) in [4.78, 5) is 0. The van der Waals surface area contributed by atoms with Crippen LogP contribution in [0.2, 0.25) is 0 Å². The largest absolute Gasteiger partial charge is 0.673 e. The van der Waals surface area contributed by atoms with Gasteiger partial charge in [0, 0.05) is 0 Å². The van der Waals surface area contributed by atoms with Crippen LogP contribution in [0.15, 0.2) is 0 Å². The first-order valence-corrected chi connectivity index (χ1v) is 9.04. The van der Waals surface area contributed by atoms with Gasteiger partial charge >= 0.3 is 7.25 Å². The van der Waals surface area contributed by atoms with Gasteiger partial charge in [0.15, 0.2) is 0 Å². The molecule has 0 aliphatic heterocycles. The zero-order chi connectivity index (χ0) is 16.6. The topological polar surface area (TPSA) is 16.6 Å². The van der Waals surface area contributed by atoms with Crippen LogP contribution < -0.4 is 5.32 Å². The summed E-state index contributed by atoms with van der Waals surface area (Å²) in [6.45, 7) is 4.72. The van der Waals surface area contributed by atoms with Gasteiger partial charge in [-0.25, -0.2) is 0 Å². The Bertz CT molecular complexity index is 254. The zero-order valence-corrected chi connectivity index (χ0v) is 14.0. The minimum Gasteiger partial charge on any atom is -0.418 e. The fraction of sp³-hybridized carbons (Fsp3) is 1.00. The molecule has 2 aliphatic rings. The first-order chi connectivity index (χ1) is 10.3. The van der Waals surface area contributed by atoms with Gasteiger partial charge in [0.2, 0.25) is 0 Å². The molecule has 0 bridgehead atoms. The van der Waals surface area contributed by atoms with E-state index in [2.05, 4.69) is 19.2 Å². The maximum Gasteiger partial charge on any atom is 0.673 e. The highest BCUT2D eigenvalue weighted by atomic mass is 19.5. The van der Waals surface area contributed by atoms with Crippen molar-refractivity contribution in [1.29, 1.82) is 0 Å². The molecule has 6 heteroatoms. The molecule has 2 aliphatic carbocycles. The summed E-state index contributed by atoms with van der Waals surface area (Å²) >= 11 is 0. The predicted molar refractivity (Wildman–Crippen MR) is 84.2 cm³/mol. The molecule has 2 saturated carbocycles. The van der Waals surface area contributed by atoms with Crippen LogP contribution in [-0.4, -0.2) is 19.3 Å². The van der Waals surface area contributed by atoms with E-state index in [1.807, 2.05) is 0 Å². The monoisotopic (exact) mass is 325 g/mol. The van der Waals surface area contributed by atoms with Gasteiger partial charge in [0.1, 0.15) is 0 Å². The average Bonchev–Trinajstić information content (AvgIpc) is 2.47. The lowest BCUT2D eigenvalue weighted by Gasteiger charge is -2.32. The van der Waals surface area contributed by atoms with E-state index in [9.17, 15) is 17.3 Å². The van der Waals surface area contributed by atoms with Crippen molar-refractivity contribution >= 4 is 7.25 Å². The van der Waals surface area contributed by atoms with Gasteiger partial charge in [-0.15, -0.1) is 0 Å². The normalized spacial score (nSPS) is 33.0. The summed E-state index contributed by atoms with van der Waals surface area (Å²) in [7, 11) is -6.00. The van der Waals surface area contributed by atoms with Crippen molar-refractivity contribution in [1.82, 2.24) is 0 Å². The van der Waals surface area contributed by atoms with Crippen LogP contribution in [0.3, 0.4) is 0 Å². The minimum atomic E-state index is -6.00. The second kappa shape index (κ2) is 9.79. The lowest BCUT2D eigenvalue weighted by molar-refractivity contribution is -0.726. The van der Waals surface area contributed by atoms with Gasteiger partial charge in [0.25, 0.3) is 0 Å². The first kappa shape index (κ1) is 19.8. The molecule has 2 fully saturated rings. The molecule has 1 nitrogen and oxygen atoms in total. The summed E-state index contributed by atoms with van der Waals surface area (Å²) in [5, 5.41) is 2.76. The summed E-state index contributed by atoms with van der Waals surface area (Å²) < 4.78 is 39.0. The van der Waals surface area contributed by atoms with Gasteiger partial charge in [-0.1, -0.05) is 26.7 Å². The van der Waals surface area contributed by atoms with E-state index < -0.39 is 7.25 Å². The quantitative estimate of drug-likeness (QED) is 0.565. The van der Waals surface area contributed by atoms with Gasteiger partial charge in [-0.05, 0) is 63.2 Å². The molecule has 0 amide bonds. The molecule has 0 aromatic rings. The second-order valence-corrected chi connectivity index (χ2v) is 7.07. The van der Waals surface area contributed by atoms with Crippen LogP contribution in [0.5, 0.6) is 0 Å². The fourth-order valence-electron chi connectivity index (χ4n) is 3.96. The van der Waals surface area contributed by atoms with E-state index in [-0.39, 0.29) is 0 Å². The summed E-state index contributed by atoms with van der Waals surface area (Å²) in [6, 6.07) is 1.95. The third-order valence-electron chi connectivity index (χ3n) is 5.48. The van der Waals surface area contributed by atoms with Crippen LogP contribution in [0, 0.1) is 11.8 Å². The minimum absolute atomic E-state index is 0.973. The van der Waals surface area contributed by atoms with Crippen molar-refractivity contribution in [2.24, 2.45) is 11.8 Å². The van der Waals surface area contributed by atoms with Crippen molar-refractivity contribution in [2.75, 3.05) is 0 Å².